The molecule has 0 saturated heterocycles. The maximum atomic E-state index is 12.7. The number of hydrogen-bond acceptors (Lipinski definition) is 9. The molecule has 0 aliphatic heterocycles. The second kappa shape index (κ2) is 12.5. The minimum atomic E-state index is -0.491. The number of benzene rings is 2. The fourth-order valence-electron chi connectivity index (χ4n) is 3.33. The van der Waals surface area contributed by atoms with E-state index < -0.39 is 4.92 Å². The second-order valence-corrected chi connectivity index (χ2v) is 8.59. The summed E-state index contributed by atoms with van der Waals surface area (Å²) in [5.74, 6) is 0.830. The largest absolute Gasteiger partial charge is 0.493 e. The molecule has 0 bridgehead atoms. The predicted molar refractivity (Wildman–Crippen MR) is 138 cm³/mol. The van der Waals surface area contributed by atoms with E-state index in [0.29, 0.717) is 45.8 Å². The number of allylic oxidation sites excluding steroid dienone is 1. The number of anilines is 1. The normalized spacial score (nSPS) is 10.5. The Morgan fingerprint density at radius 3 is 2.57 bits per heavy atom. The molecule has 3 rings (SSSR count). The molecule has 0 aliphatic rings. The van der Waals surface area contributed by atoms with Crippen LogP contribution in [0.15, 0.2) is 54.2 Å². The third kappa shape index (κ3) is 6.85. The lowest BCUT2D eigenvalue weighted by molar-refractivity contribution is -0.384. The van der Waals surface area contributed by atoms with Gasteiger partial charge in [-0.25, -0.2) is 0 Å². The first-order valence-electron chi connectivity index (χ1n) is 11.0. The summed E-state index contributed by atoms with van der Waals surface area (Å²) in [6.07, 6.45) is 1.66. The predicted octanol–water partition coefficient (Wildman–Crippen LogP) is 3.36. The van der Waals surface area contributed by atoms with Gasteiger partial charge in [-0.1, -0.05) is 17.8 Å². The first-order chi connectivity index (χ1) is 17.8. The molecule has 0 radical (unpaired) electrons. The number of aryl methyl sites for hydroxylation is 1. The molecule has 0 atom stereocenters. The van der Waals surface area contributed by atoms with Gasteiger partial charge in [0.25, 0.3) is 11.6 Å². The van der Waals surface area contributed by atoms with Crippen LogP contribution < -0.4 is 20.1 Å². The van der Waals surface area contributed by atoms with Gasteiger partial charge in [0.2, 0.25) is 5.91 Å². The fourth-order valence-corrected chi connectivity index (χ4v) is 4.09. The highest BCUT2D eigenvalue weighted by atomic mass is 32.2. The van der Waals surface area contributed by atoms with Gasteiger partial charge in [-0.3, -0.25) is 19.7 Å². The molecule has 3 aromatic rings. The maximum absolute atomic E-state index is 12.7. The zero-order chi connectivity index (χ0) is 26.9. The minimum absolute atomic E-state index is 0.0315. The van der Waals surface area contributed by atoms with E-state index in [4.69, 9.17) is 9.47 Å². The number of ether oxygens (including phenoxy) is 2. The van der Waals surface area contributed by atoms with Crippen LogP contribution in [-0.2, 0) is 17.9 Å². The van der Waals surface area contributed by atoms with Gasteiger partial charge in [0.15, 0.2) is 22.5 Å². The number of methoxy groups -OCH3 is 2. The van der Waals surface area contributed by atoms with Crippen LogP contribution >= 0.6 is 11.8 Å². The van der Waals surface area contributed by atoms with E-state index in [2.05, 4.69) is 27.4 Å². The SMILES string of the molecule is C=CCn1c(CNC(=O)c2ccc(OC)c(OC)c2)nnc1SCC(=O)Nc1ccc([N+](=O)[O-])cc1C. The van der Waals surface area contributed by atoms with E-state index in [9.17, 15) is 19.7 Å². The molecule has 37 heavy (non-hydrogen) atoms. The van der Waals surface area contributed by atoms with Gasteiger partial charge in [0.1, 0.15) is 0 Å². The number of carbonyl (C=O) groups is 2. The van der Waals surface area contributed by atoms with Gasteiger partial charge in [-0.15, -0.1) is 16.8 Å². The first kappa shape index (κ1) is 27.2. The Hall–Kier alpha value is -4.39. The third-order valence-electron chi connectivity index (χ3n) is 5.19. The number of amides is 2. The van der Waals surface area contributed by atoms with Crippen LogP contribution in [0.3, 0.4) is 0 Å². The average Bonchev–Trinajstić information content (AvgIpc) is 3.28. The zero-order valence-corrected chi connectivity index (χ0v) is 21.3. The molecule has 12 nitrogen and oxygen atoms in total. The number of carbonyl (C=O) groups excluding carboxylic acids is 2. The van der Waals surface area contributed by atoms with Crippen molar-refractivity contribution in [2.24, 2.45) is 0 Å². The summed E-state index contributed by atoms with van der Waals surface area (Å²) in [6, 6.07) is 9.07. The van der Waals surface area contributed by atoms with Crippen molar-refractivity contribution in [3.63, 3.8) is 0 Å². The highest BCUT2D eigenvalue weighted by Gasteiger charge is 2.17. The molecular weight excluding hydrogens is 500 g/mol. The number of nitrogens with one attached hydrogen (secondary N) is 2. The highest BCUT2D eigenvalue weighted by Crippen LogP contribution is 2.27. The van der Waals surface area contributed by atoms with Crippen molar-refractivity contribution in [3.8, 4) is 11.5 Å². The molecule has 0 fully saturated rings. The van der Waals surface area contributed by atoms with Crippen molar-refractivity contribution in [3.05, 3.63) is 76.1 Å². The van der Waals surface area contributed by atoms with E-state index in [1.54, 1.807) is 35.8 Å². The van der Waals surface area contributed by atoms with E-state index in [1.165, 1.54) is 44.2 Å². The number of nitrogens with zero attached hydrogens (tertiary/aromatic N) is 4. The Labute approximate surface area is 217 Å². The molecule has 13 heteroatoms. The summed E-state index contributed by atoms with van der Waals surface area (Å²) in [4.78, 5) is 35.5. The van der Waals surface area contributed by atoms with Gasteiger partial charge in [-0.2, -0.15) is 0 Å². The van der Waals surface area contributed by atoms with E-state index >= 15 is 0 Å². The topological polar surface area (TPSA) is 151 Å². The Morgan fingerprint density at radius 1 is 1.16 bits per heavy atom. The summed E-state index contributed by atoms with van der Waals surface area (Å²) < 4.78 is 12.2. The lowest BCUT2D eigenvalue weighted by Crippen LogP contribution is -2.25. The number of thioether (sulfide) groups is 1. The van der Waals surface area contributed by atoms with E-state index in [-0.39, 0.29) is 29.8 Å². The average molecular weight is 527 g/mol. The second-order valence-electron chi connectivity index (χ2n) is 7.64. The fraction of sp³-hybridized carbons (Fsp3) is 0.250. The molecule has 2 N–H and O–H groups in total. The molecule has 2 aromatic carbocycles. The molecule has 194 valence electrons. The van der Waals surface area contributed by atoms with Crippen molar-refractivity contribution < 1.29 is 24.0 Å². The molecule has 1 heterocycles. The smallest absolute Gasteiger partial charge is 0.269 e. The molecular formula is C24H26N6O6S. The molecule has 0 aliphatic carbocycles. The number of nitro benzene ring substituents is 1. The van der Waals surface area contributed by atoms with Crippen LogP contribution in [0, 0.1) is 17.0 Å². The van der Waals surface area contributed by atoms with Gasteiger partial charge >= 0.3 is 0 Å². The Balaban J connectivity index is 1.63. The van der Waals surface area contributed by atoms with Crippen LogP contribution in [0.4, 0.5) is 11.4 Å². The van der Waals surface area contributed by atoms with Crippen LogP contribution in [0.25, 0.3) is 0 Å². The van der Waals surface area contributed by atoms with E-state index in [1.807, 2.05) is 0 Å². The molecule has 2 amide bonds. The molecule has 0 spiro atoms. The molecule has 1 aromatic heterocycles. The number of rotatable bonds is 12. The Morgan fingerprint density at radius 2 is 1.92 bits per heavy atom. The summed E-state index contributed by atoms with van der Waals surface area (Å²) >= 11 is 1.17. The van der Waals surface area contributed by atoms with Gasteiger partial charge < -0.3 is 24.7 Å². The summed E-state index contributed by atoms with van der Waals surface area (Å²) in [5.41, 5.74) is 1.41. The van der Waals surface area contributed by atoms with Crippen LogP contribution in [-0.4, -0.2) is 51.5 Å². The third-order valence-corrected chi connectivity index (χ3v) is 6.15. The Kier molecular flexibility index (Phi) is 9.21. The summed E-state index contributed by atoms with van der Waals surface area (Å²) in [5, 5.41) is 25.2. The molecule has 0 saturated carbocycles. The van der Waals surface area contributed by atoms with Crippen molar-refractivity contribution in [1.29, 1.82) is 0 Å². The monoisotopic (exact) mass is 526 g/mol. The van der Waals surface area contributed by atoms with E-state index in [0.717, 1.165) is 0 Å². The number of non-ortho nitro benzene ring substituents is 1. The number of nitro groups is 1. The molecule has 0 unspecified atom stereocenters. The number of aromatic nitrogens is 3. The highest BCUT2D eigenvalue weighted by molar-refractivity contribution is 7.99. The Bertz CT molecular complexity index is 1330. The van der Waals surface area contributed by atoms with Crippen molar-refractivity contribution in [1.82, 2.24) is 20.1 Å². The van der Waals surface area contributed by atoms with Crippen LogP contribution in [0.2, 0.25) is 0 Å². The maximum Gasteiger partial charge on any atom is 0.269 e. The standard InChI is InChI=1S/C24H26N6O6S/c1-5-10-29-21(13-25-23(32)16-6-9-19(35-3)20(12-16)36-4)27-28-24(29)37-14-22(31)26-18-8-7-17(30(33)34)11-15(18)2/h5-9,11-12H,1,10,13-14H2,2-4H3,(H,25,32)(H,26,31). The van der Waals surface area contributed by atoms with Gasteiger partial charge in [-0.05, 0) is 36.8 Å². The lowest BCUT2D eigenvalue weighted by atomic mass is 10.2. The lowest BCUT2D eigenvalue weighted by Gasteiger charge is -2.11. The summed E-state index contributed by atoms with van der Waals surface area (Å²) in [6.45, 7) is 5.90. The van der Waals surface area contributed by atoms with Gasteiger partial charge in [0, 0.05) is 29.9 Å². The summed E-state index contributed by atoms with van der Waals surface area (Å²) in [7, 11) is 3.00. The quantitative estimate of drug-likeness (QED) is 0.157. The van der Waals surface area contributed by atoms with Crippen molar-refractivity contribution in [2.45, 2.75) is 25.2 Å². The number of hydrogen-bond donors (Lipinski definition) is 2. The van der Waals surface area contributed by atoms with Crippen LogP contribution in [0.1, 0.15) is 21.7 Å². The van der Waals surface area contributed by atoms with Crippen molar-refractivity contribution >= 4 is 35.0 Å². The van der Waals surface area contributed by atoms with Crippen LogP contribution in [0.5, 0.6) is 11.5 Å². The minimum Gasteiger partial charge on any atom is -0.493 e. The van der Waals surface area contributed by atoms with Gasteiger partial charge in [0.05, 0.1) is 31.4 Å². The van der Waals surface area contributed by atoms with Crippen molar-refractivity contribution in [2.75, 3.05) is 25.3 Å². The first-order valence-corrected chi connectivity index (χ1v) is 12.0. The zero-order valence-electron chi connectivity index (χ0n) is 20.5.